The fourth-order valence-electron chi connectivity index (χ4n) is 1.16. The van der Waals surface area contributed by atoms with E-state index < -0.39 is 6.04 Å². The Hall–Kier alpha value is -1.66. The first-order chi connectivity index (χ1) is 7.71. The quantitative estimate of drug-likeness (QED) is 0.526. The molecular weight excluding hydrogens is 210 g/mol. The molecule has 0 aliphatic heterocycles. The van der Waals surface area contributed by atoms with E-state index in [2.05, 4.69) is 15.6 Å². The molecule has 1 rings (SSSR count). The normalized spacial score (nSPS) is 10.2. The Balaban J connectivity index is 2.78. The van der Waals surface area contributed by atoms with Gasteiger partial charge in [-0.3, -0.25) is 9.78 Å². The number of amides is 1. The summed E-state index contributed by atoms with van der Waals surface area (Å²) in [4.78, 5) is 15.2. The molecule has 6 nitrogen and oxygen atoms in total. The molecule has 1 heterocycles. The number of rotatable bonds is 5. The largest absolute Gasteiger partial charge is 0.394 e. The Morgan fingerprint density at radius 3 is 2.75 bits per heavy atom. The number of aliphatic hydroxyl groups excluding tert-OH is 2. The van der Waals surface area contributed by atoms with Crippen LogP contribution in [0.2, 0.25) is 0 Å². The second-order valence-electron chi connectivity index (χ2n) is 3.22. The Morgan fingerprint density at radius 2 is 2.19 bits per heavy atom. The highest BCUT2D eigenvalue weighted by Crippen LogP contribution is 2.09. The van der Waals surface area contributed by atoms with Crippen molar-refractivity contribution in [2.24, 2.45) is 0 Å². The molecule has 1 amide bonds. The van der Waals surface area contributed by atoms with E-state index in [0.29, 0.717) is 5.69 Å². The van der Waals surface area contributed by atoms with Crippen LogP contribution < -0.4 is 10.6 Å². The summed E-state index contributed by atoms with van der Waals surface area (Å²) in [5.74, 6) is -0.284. The highest BCUT2D eigenvalue weighted by atomic mass is 16.3. The second-order valence-corrected chi connectivity index (χ2v) is 3.22. The van der Waals surface area contributed by atoms with Crippen molar-refractivity contribution in [3.05, 3.63) is 24.0 Å². The summed E-state index contributed by atoms with van der Waals surface area (Å²) >= 11 is 0. The predicted molar refractivity (Wildman–Crippen MR) is 59.2 cm³/mol. The van der Waals surface area contributed by atoms with E-state index in [4.69, 9.17) is 10.2 Å². The van der Waals surface area contributed by atoms with E-state index in [9.17, 15) is 4.79 Å². The molecule has 0 unspecified atom stereocenters. The number of hydrogen-bond donors (Lipinski definition) is 4. The van der Waals surface area contributed by atoms with Crippen LogP contribution in [-0.2, 0) is 0 Å². The maximum absolute atomic E-state index is 11.3. The van der Waals surface area contributed by atoms with E-state index in [1.54, 1.807) is 12.1 Å². The summed E-state index contributed by atoms with van der Waals surface area (Å²) in [5.41, 5.74) is 0.906. The third-order valence-corrected chi connectivity index (χ3v) is 2.03. The van der Waals surface area contributed by atoms with Crippen LogP contribution in [0.15, 0.2) is 18.3 Å². The van der Waals surface area contributed by atoms with Crippen molar-refractivity contribution in [1.82, 2.24) is 10.3 Å². The van der Waals surface area contributed by atoms with Gasteiger partial charge in [-0.15, -0.1) is 0 Å². The van der Waals surface area contributed by atoms with Gasteiger partial charge in [-0.05, 0) is 12.1 Å². The molecule has 0 bridgehead atoms. The highest BCUT2D eigenvalue weighted by Gasteiger charge is 2.08. The Morgan fingerprint density at radius 1 is 1.50 bits per heavy atom. The number of nitrogens with zero attached hydrogens (tertiary/aromatic N) is 1. The van der Waals surface area contributed by atoms with Crippen molar-refractivity contribution in [1.29, 1.82) is 0 Å². The second kappa shape index (κ2) is 6.04. The predicted octanol–water partition coefficient (Wildman–Crippen LogP) is -0.794. The number of hydrogen-bond acceptors (Lipinski definition) is 5. The molecule has 16 heavy (non-hydrogen) atoms. The number of carbonyl (C=O) groups is 1. The van der Waals surface area contributed by atoms with Gasteiger partial charge in [-0.1, -0.05) is 0 Å². The van der Waals surface area contributed by atoms with E-state index in [0.717, 1.165) is 0 Å². The summed E-state index contributed by atoms with van der Waals surface area (Å²) in [6.07, 6.45) is 1.48. The molecule has 4 N–H and O–H groups in total. The van der Waals surface area contributed by atoms with Gasteiger partial charge in [-0.2, -0.15) is 0 Å². The van der Waals surface area contributed by atoms with Crippen molar-refractivity contribution in [2.75, 3.05) is 25.6 Å². The Kier molecular flexibility index (Phi) is 4.68. The van der Waals surface area contributed by atoms with E-state index in [1.807, 2.05) is 0 Å². The van der Waals surface area contributed by atoms with Crippen LogP contribution in [0.4, 0.5) is 5.69 Å². The van der Waals surface area contributed by atoms with E-state index >= 15 is 0 Å². The first kappa shape index (κ1) is 12.4. The van der Waals surface area contributed by atoms with Gasteiger partial charge < -0.3 is 20.8 Å². The van der Waals surface area contributed by atoms with Gasteiger partial charge in [0.15, 0.2) is 0 Å². The number of anilines is 1. The number of nitrogens with one attached hydrogen (secondary N) is 2. The molecule has 0 fully saturated rings. The summed E-state index contributed by atoms with van der Waals surface area (Å²) in [7, 11) is 1.52. The molecule has 0 radical (unpaired) electrons. The third-order valence-electron chi connectivity index (χ3n) is 2.03. The Bertz CT molecular complexity index is 353. The smallest absolute Gasteiger partial charge is 0.269 e. The summed E-state index contributed by atoms with van der Waals surface area (Å²) in [6, 6.07) is 2.77. The molecular formula is C10H15N3O3. The molecule has 0 aliphatic carbocycles. The molecule has 0 saturated carbocycles. The highest BCUT2D eigenvalue weighted by molar-refractivity contribution is 5.92. The van der Waals surface area contributed by atoms with Gasteiger partial charge in [0.25, 0.3) is 5.91 Å². The lowest BCUT2D eigenvalue weighted by Crippen LogP contribution is -2.28. The number of aromatic nitrogens is 1. The van der Waals surface area contributed by atoms with Gasteiger partial charge in [0.1, 0.15) is 5.69 Å². The van der Waals surface area contributed by atoms with Crippen LogP contribution >= 0.6 is 0 Å². The topological polar surface area (TPSA) is 94.5 Å². The standard InChI is InChI=1S/C10H15N3O3/c1-11-10(16)9-4-7(2-3-12-9)13-8(5-14)6-15/h2-4,8,14-15H,5-6H2,1H3,(H,11,16)(H,12,13). The van der Waals surface area contributed by atoms with Crippen molar-refractivity contribution >= 4 is 11.6 Å². The summed E-state index contributed by atoms with van der Waals surface area (Å²) in [6.45, 7) is -0.373. The van der Waals surface area contributed by atoms with Crippen molar-refractivity contribution in [3.63, 3.8) is 0 Å². The van der Waals surface area contributed by atoms with Gasteiger partial charge in [0, 0.05) is 18.9 Å². The van der Waals surface area contributed by atoms with E-state index in [-0.39, 0.29) is 24.8 Å². The van der Waals surface area contributed by atoms with E-state index in [1.165, 1.54) is 13.2 Å². The molecule has 6 heteroatoms. The SMILES string of the molecule is CNC(=O)c1cc(NC(CO)CO)ccn1. The van der Waals surface area contributed by atoms with Crippen molar-refractivity contribution < 1.29 is 15.0 Å². The van der Waals surface area contributed by atoms with Crippen LogP contribution in [0, 0.1) is 0 Å². The minimum atomic E-state index is -0.445. The lowest BCUT2D eigenvalue weighted by molar-refractivity contribution is 0.0958. The monoisotopic (exact) mass is 225 g/mol. The molecule has 0 aromatic carbocycles. The maximum Gasteiger partial charge on any atom is 0.269 e. The lowest BCUT2D eigenvalue weighted by atomic mass is 10.2. The molecule has 0 atom stereocenters. The van der Waals surface area contributed by atoms with Crippen LogP contribution in [0.3, 0.4) is 0 Å². The third kappa shape index (κ3) is 3.18. The van der Waals surface area contributed by atoms with Crippen molar-refractivity contribution in [2.45, 2.75) is 6.04 Å². The molecule has 0 spiro atoms. The van der Waals surface area contributed by atoms with Crippen molar-refractivity contribution in [3.8, 4) is 0 Å². The molecule has 0 saturated heterocycles. The Labute approximate surface area is 93.3 Å². The average Bonchev–Trinajstić information content (AvgIpc) is 2.35. The zero-order valence-electron chi connectivity index (χ0n) is 8.97. The molecule has 88 valence electrons. The number of aliphatic hydroxyl groups is 2. The average molecular weight is 225 g/mol. The first-order valence-corrected chi connectivity index (χ1v) is 4.87. The van der Waals surface area contributed by atoms with Gasteiger partial charge in [0.05, 0.1) is 19.3 Å². The minimum absolute atomic E-state index is 0.186. The zero-order valence-corrected chi connectivity index (χ0v) is 8.97. The van der Waals surface area contributed by atoms with Gasteiger partial charge >= 0.3 is 0 Å². The summed E-state index contributed by atoms with van der Waals surface area (Å²) in [5, 5.41) is 23.1. The minimum Gasteiger partial charge on any atom is -0.394 e. The first-order valence-electron chi connectivity index (χ1n) is 4.87. The van der Waals surface area contributed by atoms with Gasteiger partial charge in [-0.25, -0.2) is 0 Å². The molecule has 1 aromatic heterocycles. The van der Waals surface area contributed by atoms with Crippen LogP contribution in [0.5, 0.6) is 0 Å². The lowest BCUT2D eigenvalue weighted by Gasteiger charge is -2.14. The number of pyridine rings is 1. The van der Waals surface area contributed by atoms with Crippen LogP contribution in [-0.4, -0.2) is 47.4 Å². The summed E-state index contributed by atoms with van der Waals surface area (Å²) < 4.78 is 0. The van der Waals surface area contributed by atoms with Crippen LogP contribution in [0.1, 0.15) is 10.5 Å². The fraction of sp³-hybridized carbons (Fsp3) is 0.400. The zero-order chi connectivity index (χ0) is 12.0. The van der Waals surface area contributed by atoms with Crippen LogP contribution in [0.25, 0.3) is 0 Å². The number of carbonyl (C=O) groups excluding carboxylic acids is 1. The maximum atomic E-state index is 11.3. The fourth-order valence-corrected chi connectivity index (χ4v) is 1.16. The van der Waals surface area contributed by atoms with Gasteiger partial charge in [0.2, 0.25) is 0 Å². The molecule has 1 aromatic rings. The molecule has 0 aliphatic rings.